The predicted molar refractivity (Wildman–Crippen MR) is 38.5 cm³/mol. The molecule has 1 N–H and O–H groups in total. The SMILES string of the molecule is CC.CC1CCCN1O. The number of hydrogen-bond acceptors (Lipinski definition) is 2. The second-order valence-electron chi connectivity index (χ2n) is 2.15. The van der Waals surface area contributed by atoms with E-state index < -0.39 is 0 Å². The van der Waals surface area contributed by atoms with E-state index in [4.69, 9.17) is 5.21 Å². The third kappa shape index (κ3) is 2.82. The molecule has 0 aromatic carbocycles. The smallest absolute Gasteiger partial charge is 0.0322 e. The largest absolute Gasteiger partial charge is 0.314 e. The summed E-state index contributed by atoms with van der Waals surface area (Å²) in [6, 6.07) is 0.403. The van der Waals surface area contributed by atoms with Crippen LogP contribution in [0.1, 0.15) is 33.6 Å². The molecule has 0 amide bonds. The van der Waals surface area contributed by atoms with Crippen LogP contribution in [-0.2, 0) is 0 Å². The summed E-state index contributed by atoms with van der Waals surface area (Å²) < 4.78 is 0. The number of nitrogens with zero attached hydrogens (tertiary/aromatic N) is 1. The number of hydrogen-bond donors (Lipinski definition) is 1. The van der Waals surface area contributed by atoms with E-state index in [0.29, 0.717) is 6.04 Å². The molecule has 2 nitrogen and oxygen atoms in total. The molecule has 0 spiro atoms. The molecule has 1 atom stereocenters. The lowest BCUT2D eigenvalue weighted by molar-refractivity contribution is -0.0969. The average Bonchev–Trinajstić information content (AvgIpc) is 2.23. The fourth-order valence-corrected chi connectivity index (χ4v) is 0.918. The summed E-state index contributed by atoms with van der Waals surface area (Å²) in [6.45, 7) is 6.90. The molecule has 1 heterocycles. The monoisotopic (exact) mass is 131 g/mol. The van der Waals surface area contributed by atoms with Gasteiger partial charge in [0, 0.05) is 12.6 Å². The highest BCUT2D eigenvalue weighted by Crippen LogP contribution is 2.12. The van der Waals surface area contributed by atoms with Crippen LogP contribution in [0.5, 0.6) is 0 Å². The first kappa shape index (κ1) is 8.92. The summed E-state index contributed by atoms with van der Waals surface area (Å²) in [4.78, 5) is 0. The molecule has 0 aliphatic carbocycles. The van der Waals surface area contributed by atoms with Gasteiger partial charge in [-0.25, -0.2) is 0 Å². The average molecular weight is 131 g/mol. The Morgan fingerprint density at radius 3 is 2.11 bits per heavy atom. The third-order valence-corrected chi connectivity index (χ3v) is 1.52. The minimum Gasteiger partial charge on any atom is -0.314 e. The van der Waals surface area contributed by atoms with Crippen LogP contribution in [0.2, 0.25) is 0 Å². The highest BCUT2D eigenvalue weighted by atomic mass is 16.5. The van der Waals surface area contributed by atoms with Crippen LogP contribution in [0, 0.1) is 0 Å². The van der Waals surface area contributed by atoms with E-state index in [0.717, 1.165) is 19.4 Å². The third-order valence-electron chi connectivity index (χ3n) is 1.52. The van der Waals surface area contributed by atoms with Crippen molar-refractivity contribution in [3.8, 4) is 0 Å². The van der Waals surface area contributed by atoms with Crippen molar-refractivity contribution in [3.05, 3.63) is 0 Å². The lowest BCUT2D eigenvalue weighted by Gasteiger charge is -2.09. The summed E-state index contributed by atoms with van der Waals surface area (Å²) >= 11 is 0. The topological polar surface area (TPSA) is 23.5 Å². The van der Waals surface area contributed by atoms with E-state index in [1.165, 1.54) is 5.06 Å². The van der Waals surface area contributed by atoms with Crippen LogP contribution >= 0.6 is 0 Å². The fraction of sp³-hybridized carbons (Fsp3) is 1.00. The van der Waals surface area contributed by atoms with Gasteiger partial charge in [0.05, 0.1) is 0 Å². The highest BCUT2D eigenvalue weighted by molar-refractivity contribution is 4.66. The first-order valence-corrected chi connectivity index (χ1v) is 3.76. The zero-order valence-electron chi connectivity index (χ0n) is 6.59. The van der Waals surface area contributed by atoms with Crippen LogP contribution in [0.4, 0.5) is 0 Å². The quantitative estimate of drug-likeness (QED) is 0.542. The van der Waals surface area contributed by atoms with Gasteiger partial charge >= 0.3 is 0 Å². The lowest BCUT2D eigenvalue weighted by Crippen LogP contribution is -2.21. The van der Waals surface area contributed by atoms with Gasteiger partial charge in [0.15, 0.2) is 0 Å². The van der Waals surface area contributed by atoms with Crippen LogP contribution in [0.25, 0.3) is 0 Å². The van der Waals surface area contributed by atoms with E-state index in [-0.39, 0.29) is 0 Å². The van der Waals surface area contributed by atoms with Crippen molar-refractivity contribution in [1.29, 1.82) is 0 Å². The Morgan fingerprint density at radius 1 is 1.44 bits per heavy atom. The van der Waals surface area contributed by atoms with Crippen LogP contribution in [0.3, 0.4) is 0 Å². The molecule has 1 saturated heterocycles. The molecule has 1 rings (SSSR count). The molecule has 1 aliphatic rings. The molecule has 0 aromatic heterocycles. The zero-order valence-corrected chi connectivity index (χ0v) is 6.59. The van der Waals surface area contributed by atoms with Crippen molar-refractivity contribution < 1.29 is 5.21 Å². The Hall–Kier alpha value is -0.0800. The van der Waals surface area contributed by atoms with E-state index in [2.05, 4.69) is 0 Å². The van der Waals surface area contributed by atoms with E-state index in [1.54, 1.807) is 0 Å². The van der Waals surface area contributed by atoms with Gasteiger partial charge in [0.1, 0.15) is 0 Å². The van der Waals surface area contributed by atoms with Gasteiger partial charge in [-0.15, -0.1) is 0 Å². The molecule has 1 fully saturated rings. The van der Waals surface area contributed by atoms with Gasteiger partial charge in [-0.2, -0.15) is 5.06 Å². The van der Waals surface area contributed by atoms with E-state index >= 15 is 0 Å². The number of rotatable bonds is 0. The predicted octanol–water partition coefficient (Wildman–Crippen LogP) is 1.89. The van der Waals surface area contributed by atoms with Crippen LogP contribution in [-0.4, -0.2) is 22.9 Å². The maximum absolute atomic E-state index is 8.83. The first-order chi connectivity index (χ1) is 4.30. The van der Waals surface area contributed by atoms with Gasteiger partial charge in [-0.3, -0.25) is 0 Å². The molecule has 0 aromatic rings. The first-order valence-electron chi connectivity index (χ1n) is 3.76. The second kappa shape index (κ2) is 4.77. The van der Waals surface area contributed by atoms with Crippen molar-refractivity contribution in [1.82, 2.24) is 5.06 Å². The lowest BCUT2D eigenvalue weighted by atomic mass is 10.3. The molecule has 0 saturated carbocycles. The second-order valence-corrected chi connectivity index (χ2v) is 2.15. The summed E-state index contributed by atoms with van der Waals surface area (Å²) in [6.07, 6.45) is 2.30. The molecular formula is C7H17NO. The Kier molecular flexibility index (Phi) is 4.72. The van der Waals surface area contributed by atoms with E-state index in [9.17, 15) is 0 Å². The van der Waals surface area contributed by atoms with Gasteiger partial charge in [0.2, 0.25) is 0 Å². The normalized spacial score (nSPS) is 27.3. The summed E-state index contributed by atoms with van der Waals surface area (Å²) in [5.41, 5.74) is 0. The summed E-state index contributed by atoms with van der Waals surface area (Å²) in [7, 11) is 0. The van der Waals surface area contributed by atoms with Crippen molar-refractivity contribution in [2.24, 2.45) is 0 Å². The van der Waals surface area contributed by atoms with Crippen molar-refractivity contribution in [2.75, 3.05) is 6.54 Å². The van der Waals surface area contributed by atoms with Gasteiger partial charge in [-0.05, 0) is 19.8 Å². The standard InChI is InChI=1S/C5H11NO.C2H6/c1-5-3-2-4-6(5)7;1-2/h5,7H,2-4H2,1H3;1-2H3. The molecule has 0 bridgehead atoms. The maximum atomic E-state index is 8.83. The Balaban J connectivity index is 0.000000291. The molecule has 56 valence electrons. The minimum absolute atomic E-state index is 0.403. The molecule has 1 aliphatic heterocycles. The fourth-order valence-electron chi connectivity index (χ4n) is 0.918. The van der Waals surface area contributed by atoms with Crippen LogP contribution < -0.4 is 0 Å². The molecule has 9 heavy (non-hydrogen) atoms. The molecule has 1 unspecified atom stereocenters. The Labute approximate surface area is 57.4 Å². The summed E-state index contributed by atoms with van der Waals surface area (Å²) in [5, 5.41) is 10.2. The van der Waals surface area contributed by atoms with Gasteiger partial charge in [-0.1, -0.05) is 13.8 Å². The van der Waals surface area contributed by atoms with Crippen molar-refractivity contribution >= 4 is 0 Å². The van der Waals surface area contributed by atoms with Crippen molar-refractivity contribution in [3.63, 3.8) is 0 Å². The Morgan fingerprint density at radius 2 is 2.00 bits per heavy atom. The van der Waals surface area contributed by atoms with Gasteiger partial charge in [0.25, 0.3) is 0 Å². The molecule has 2 heteroatoms. The van der Waals surface area contributed by atoms with Crippen LogP contribution in [0.15, 0.2) is 0 Å². The van der Waals surface area contributed by atoms with Gasteiger partial charge < -0.3 is 5.21 Å². The maximum Gasteiger partial charge on any atom is 0.0322 e. The minimum atomic E-state index is 0.403. The molecular weight excluding hydrogens is 114 g/mol. The summed E-state index contributed by atoms with van der Waals surface area (Å²) in [5.74, 6) is 0. The zero-order chi connectivity index (χ0) is 7.28. The Bertz CT molecular complexity index is 57.9. The van der Waals surface area contributed by atoms with E-state index in [1.807, 2.05) is 20.8 Å². The number of hydroxylamine groups is 2. The van der Waals surface area contributed by atoms with Crippen molar-refractivity contribution in [2.45, 2.75) is 39.7 Å². The highest BCUT2D eigenvalue weighted by Gasteiger charge is 2.16. The molecule has 0 radical (unpaired) electrons.